The second-order valence-corrected chi connectivity index (χ2v) is 4.47. The summed E-state index contributed by atoms with van der Waals surface area (Å²) in [7, 11) is 1.88. The second kappa shape index (κ2) is 3.84. The molecule has 0 aliphatic heterocycles. The molecule has 0 amide bonds. The average molecular weight is 229 g/mol. The Morgan fingerprint density at radius 2 is 2.06 bits per heavy atom. The van der Waals surface area contributed by atoms with Gasteiger partial charge in [-0.05, 0) is 25.7 Å². The lowest BCUT2D eigenvalue weighted by Crippen LogP contribution is -2.11. The van der Waals surface area contributed by atoms with Crippen LogP contribution >= 0.6 is 0 Å². The van der Waals surface area contributed by atoms with E-state index in [1.165, 1.54) is 12.8 Å². The topological polar surface area (TPSA) is 69.6 Å². The Kier molecular flexibility index (Phi) is 2.31. The van der Waals surface area contributed by atoms with Gasteiger partial charge in [-0.15, -0.1) is 0 Å². The minimum atomic E-state index is 0.633. The van der Waals surface area contributed by atoms with Crippen LogP contribution in [0.4, 0.5) is 5.82 Å². The first-order valence-electron chi connectivity index (χ1n) is 5.88. The number of anilines is 1. The van der Waals surface area contributed by atoms with Gasteiger partial charge in [-0.3, -0.25) is 4.68 Å². The molecule has 2 heterocycles. The molecule has 0 fully saturated rings. The summed E-state index contributed by atoms with van der Waals surface area (Å²) in [6.07, 6.45) is 8.07. The zero-order chi connectivity index (χ0) is 11.8. The molecule has 0 aromatic carbocycles. The molecule has 0 saturated carbocycles. The number of aryl methyl sites for hydroxylation is 2. The fraction of sp³-hybridized carbons (Fsp3) is 0.417. The fourth-order valence-electron chi connectivity index (χ4n) is 2.29. The Morgan fingerprint density at radius 1 is 1.24 bits per heavy atom. The SMILES string of the molecule is Cn1cc(-c2nc(N)c3c(n2)CCCC3)cn1. The summed E-state index contributed by atoms with van der Waals surface area (Å²) in [5.41, 5.74) is 9.19. The van der Waals surface area contributed by atoms with Crippen molar-refractivity contribution in [1.82, 2.24) is 19.7 Å². The van der Waals surface area contributed by atoms with E-state index < -0.39 is 0 Å². The number of nitrogens with zero attached hydrogens (tertiary/aromatic N) is 4. The van der Waals surface area contributed by atoms with Crippen molar-refractivity contribution in [2.24, 2.45) is 7.05 Å². The van der Waals surface area contributed by atoms with Gasteiger partial charge in [-0.1, -0.05) is 0 Å². The van der Waals surface area contributed by atoms with E-state index in [1.807, 2.05) is 13.2 Å². The van der Waals surface area contributed by atoms with Crippen LogP contribution in [-0.2, 0) is 19.9 Å². The summed E-state index contributed by atoms with van der Waals surface area (Å²) in [4.78, 5) is 9.00. The molecule has 0 atom stereocenters. The molecule has 3 rings (SSSR count). The first-order valence-corrected chi connectivity index (χ1v) is 5.88. The smallest absolute Gasteiger partial charge is 0.164 e. The molecule has 0 radical (unpaired) electrons. The zero-order valence-electron chi connectivity index (χ0n) is 9.85. The van der Waals surface area contributed by atoms with Crippen LogP contribution < -0.4 is 5.73 Å². The van der Waals surface area contributed by atoms with E-state index in [-0.39, 0.29) is 0 Å². The molecular formula is C12H15N5. The Balaban J connectivity index is 2.10. The highest BCUT2D eigenvalue weighted by atomic mass is 15.2. The quantitative estimate of drug-likeness (QED) is 0.801. The van der Waals surface area contributed by atoms with Gasteiger partial charge in [0.05, 0.1) is 11.8 Å². The van der Waals surface area contributed by atoms with Crippen LogP contribution in [0.5, 0.6) is 0 Å². The van der Waals surface area contributed by atoms with Crippen molar-refractivity contribution in [3.63, 3.8) is 0 Å². The van der Waals surface area contributed by atoms with Crippen LogP contribution in [-0.4, -0.2) is 19.7 Å². The van der Waals surface area contributed by atoms with Gasteiger partial charge < -0.3 is 5.73 Å². The van der Waals surface area contributed by atoms with Crippen LogP contribution in [0, 0.1) is 0 Å². The summed E-state index contributed by atoms with van der Waals surface area (Å²) in [5, 5.41) is 4.13. The van der Waals surface area contributed by atoms with Gasteiger partial charge in [0.25, 0.3) is 0 Å². The molecule has 1 aliphatic carbocycles. The highest BCUT2D eigenvalue weighted by molar-refractivity contribution is 5.57. The summed E-state index contributed by atoms with van der Waals surface area (Å²) in [5.74, 6) is 1.32. The Morgan fingerprint density at radius 3 is 2.82 bits per heavy atom. The summed E-state index contributed by atoms with van der Waals surface area (Å²) in [6.45, 7) is 0. The van der Waals surface area contributed by atoms with E-state index in [1.54, 1.807) is 10.9 Å². The lowest BCUT2D eigenvalue weighted by atomic mass is 9.96. The van der Waals surface area contributed by atoms with E-state index in [0.717, 1.165) is 29.7 Å². The molecule has 5 nitrogen and oxygen atoms in total. The number of rotatable bonds is 1. The normalized spacial score (nSPS) is 14.6. The molecule has 2 aromatic rings. The monoisotopic (exact) mass is 229 g/mol. The summed E-state index contributed by atoms with van der Waals surface area (Å²) < 4.78 is 1.74. The highest BCUT2D eigenvalue weighted by Crippen LogP contribution is 2.26. The van der Waals surface area contributed by atoms with Gasteiger partial charge in [0.2, 0.25) is 0 Å². The van der Waals surface area contributed by atoms with Crippen molar-refractivity contribution in [3.05, 3.63) is 23.7 Å². The molecule has 17 heavy (non-hydrogen) atoms. The van der Waals surface area contributed by atoms with Crippen LogP contribution in [0.25, 0.3) is 11.4 Å². The van der Waals surface area contributed by atoms with Crippen molar-refractivity contribution in [2.45, 2.75) is 25.7 Å². The van der Waals surface area contributed by atoms with Gasteiger partial charge in [0, 0.05) is 24.5 Å². The molecular weight excluding hydrogens is 214 g/mol. The van der Waals surface area contributed by atoms with Gasteiger partial charge in [-0.2, -0.15) is 5.10 Å². The number of nitrogen functional groups attached to an aromatic ring is 1. The minimum Gasteiger partial charge on any atom is -0.383 e. The maximum Gasteiger partial charge on any atom is 0.164 e. The van der Waals surface area contributed by atoms with Gasteiger partial charge >= 0.3 is 0 Å². The molecule has 0 spiro atoms. The molecule has 5 heteroatoms. The predicted molar refractivity (Wildman–Crippen MR) is 65.3 cm³/mol. The van der Waals surface area contributed by atoms with Gasteiger partial charge in [0.1, 0.15) is 5.82 Å². The van der Waals surface area contributed by atoms with E-state index in [2.05, 4.69) is 15.1 Å². The Hall–Kier alpha value is -1.91. The van der Waals surface area contributed by atoms with Crippen LogP contribution in [0.15, 0.2) is 12.4 Å². The summed E-state index contributed by atoms with van der Waals surface area (Å²) in [6, 6.07) is 0. The maximum atomic E-state index is 6.01. The van der Waals surface area contributed by atoms with Crippen molar-refractivity contribution < 1.29 is 0 Å². The van der Waals surface area contributed by atoms with Crippen molar-refractivity contribution in [2.75, 3.05) is 5.73 Å². The van der Waals surface area contributed by atoms with Gasteiger partial charge in [0.15, 0.2) is 5.82 Å². The molecule has 0 bridgehead atoms. The van der Waals surface area contributed by atoms with E-state index in [0.29, 0.717) is 11.6 Å². The van der Waals surface area contributed by atoms with Crippen molar-refractivity contribution in [3.8, 4) is 11.4 Å². The van der Waals surface area contributed by atoms with E-state index in [4.69, 9.17) is 5.73 Å². The van der Waals surface area contributed by atoms with Crippen molar-refractivity contribution in [1.29, 1.82) is 0 Å². The fourth-order valence-corrected chi connectivity index (χ4v) is 2.29. The second-order valence-electron chi connectivity index (χ2n) is 4.47. The number of hydrogen-bond donors (Lipinski definition) is 1. The van der Waals surface area contributed by atoms with Crippen LogP contribution in [0.3, 0.4) is 0 Å². The molecule has 2 aromatic heterocycles. The number of hydrogen-bond acceptors (Lipinski definition) is 4. The number of nitrogens with two attached hydrogens (primary N) is 1. The lowest BCUT2D eigenvalue weighted by molar-refractivity contribution is 0.666. The number of aromatic nitrogens is 4. The largest absolute Gasteiger partial charge is 0.383 e. The summed E-state index contributed by atoms with van der Waals surface area (Å²) >= 11 is 0. The van der Waals surface area contributed by atoms with E-state index >= 15 is 0 Å². The van der Waals surface area contributed by atoms with Crippen LogP contribution in [0.1, 0.15) is 24.1 Å². The first kappa shape index (κ1) is 10.3. The maximum absolute atomic E-state index is 6.01. The third-order valence-corrected chi connectivity index (χ3v) is 3.18. The van der Waals surface area contributed by atoms with Gasteiger partial charge in [-0.25, -0.2) is 9.97 Å². The third-order valence-electron chi connectivity index (χ3n) is 3.18. The molecule has 88 valence electrons. The van der Waals surface area contributed by atoms with E-state index in [9.17, 15) is 0 Å². The molecule has 2 N–H and O–H groups in total. The average Bonchev–Trinajstić information content (AvgIpc) is 2.76. The van der Waals surface area contributed by atoms with Crippen LogP contribution in [0.2, 0.25) is 0 Å². The first-order chi connectivity index (χ1) is 8.24. The molecule has 0 saturated heterocycles. The Bertz CT molecular complexity index is 558. The number of fused-ring (bicyclic) bond motifs is 1. The minimum absolute atomic E-state index is 0.633. The predicted octanol–water partition coefficient (Wildman–Crippen LogP) is 1.34. The molecule has 0 unspecified atom stereocenters. The Labute approximate surface area is 99.7 Å². The van der Waals surface area contributed by atoms with Crippen molar-refractivity contribution >= 4 is 5.82 Å². The lowest BCUT2D eigenvalue weighted by Gasteiger charge is -2.16. The highest BCUT2D eigenvalue weighted by Gasteiger charge is 2.17. The third kappa shape index (κ3) is 1.77. The zero-order valence-corrected chi connectivity index (χ0v) is 9.85. The molecule has 1 aliphatic rings. The standard InChI is InChI=1S/C12H15N5/c1-17-7-8(6-14-17)12-15-10-5-3-2-4-9(10)11(13)16-12/h6-7H,2-5H2,1H3,(H2,13,15,16).